The molecule has 0 saturated carbocycles. The van der Waals surface area contributed by atoms with Crippen LogP contribution < -0.4 is 16.2 Å². The maximum absolute atomic E-state index is 11.3. The van der Waals surface area contributed by atoms with Crippen LogP contribution in [0.3, 0.4) is 0 Å². The Hall–Kier alpha value is -2.12. The summed E-state index contributed by atoms with van der Waals surface area (Å²) < 4.78 is 22.6. The number of nitrogens with zero attached hydrogens (tertiary/aromatic N) is 1. The fourth-order valence-corrected chi connectivity index (χ4v) is 2.38. The van der Waals surface area contributed by atoms with Gasteiger partial charge in [-0.15, -0.1) is 0 Å². The van der Waals surface area contributed by atoms with Crippen molar-refractivity contribution in [2.75, 3.05) is 17.6 Å². The van der Waals surface area contributed by atoms with E-state index in [4.69, 9.17) is 10.9 Å². The highest BCUT2D eigenvalue weighted by atomic mass is 32.2. The molecule has 2 aromatic rings. The van der Waals surface area contributed by atoms with Crippen molar-refractivity contribution in [3.05, 3.63) is 48.3 Å². The van der Waals surface area contributed by atoms with Crippen molar-refractivity contribution in [2.45, 2.75) is 11.3 Å². The van der Waals surface area contributed by atoms with Crippen LogP contribution in [0.2, 0.25) is 0 Å². The largest absolute Gasteiger partial charge is 0.399 e. The Kier molecular flexibility index (Phi) is 4.21. The lowest BCUT2D eigenvalue weighted by molar-refractivity contribution is 0.598. The Bertz CT molecular complexity index is 687. The van der Waals surface area contributed by atoms with Crippen molar-refractivity contribution in [3.63, 3.8) is 0 Å². The molecule has 0 unspecified atom stereocenters. The van der Waals surface area contributed by atoms with Gasteiger partial charge in [-0.25, -0.2) is 13.6 Å². The second kappa shape index (κ2) is 5.89. The zero-order valence-corrected chi connectivity index (χ0v) is 11.6. The Morgan fingerprint density at radius 2 is 2.05 bits per heavy atom. The number of hydrogen-bond acceptors (Lipinski definition) is 5. The summed E-state index contributed by atoms with van der Waals surface area (Å²) >= 11 is 0. The van der Waals surface area contributed by atoms with E-state index in [1.54, 1.807) is 18.5 Å². The minimum absolute atomic E-state index is 0.00128. The number of aromatic nitrogens is 1. The number of anilines is 2. The molecule has 0 fully saturated rings. The zero-order valence-electron chi connectivity index (χ0n) is 10.8. The highest BCUT2D eigenvalue weighted by molar-refractivity contribution is 7.89. The van der Waals surface area contributed by atoms with Gasteiger partial charge in [0, 0.05) is 30.3 Å². The monoisotopic (exact) mass is 292 g/mol. The number of nitrogens with two attached hydrogens (primary N) is 2. The molecule has 0 amide bonds. The molecule has 5 N–H and O–H groups in total. The average molecular weight is 292 g/mol. The molecular weight excluding hydrogens is 276 g/mol. The van der Waals surface area contributed by atoms with E-state index in [0.29, 0.717) is 17.9 Å². The van der Waals surface area contributed by atoms with Gasteiger partial charge in [-0.2, -0.15) is 0 Å². The summed E-state index contributed by atoms with van der Waals surface area (Å²) in [6.45, 7) is 0.638. The topological polar surface area (TPSA) is 111 Å². The van der Waals surface area contributed by atoms with Gasteiger partial charge in [-0.1, -0.05) is 6.07 Å². The van der Waals surface area contributed by atoms with Crippen molar-refractivity contribution in [1.29, 1.82) is 0 Å². The smallest absolute Gasteiger partial charge is 0.238 e. The van der Waals surface area contributed by atoms with Crippen LogP contribution in [0.1, 0.15) is 5.56 Å². The van der Waals surface area contributed by atoms with E-state index in [1.165, 1.54) is 12.1 Å². The number of benzene rings is 1. The molecule has 0 atom stereocenters. The Labute approximate surface area is 117 Å². The van der Waals surface area contributed by atoms with E-state index in [9.17, 15) is 8.42 Å². The molecule has 0 radical (unpaired) electrons. The molecule has 106 valence electrons. The van der Waals surface area contributed by atoms with E-state index < -0.39 is 10.0 Å². The summed E-state index contributed by atoms with van der Waals surface area (Å²) in [5.41, 5.74) is 7.73. The molecule has 2 rings (SSSR count). The number of hydrogen-bond donors (Lipinski definition) is 3. The molecular formula is C13H16N4O2S. The summed E-state index contributed by atoms with van der Waals surface area (Å²) in [5.74, 6) is 0. The standard InChI is InChI=1S/C13H16N4O2S/c14-11-6-12(8-13(7-11)20(15,18)19)17-5-3-10-2-1-4-16-9-10/h1-2,4,6-9,17H,3,5,14H2,(H2,15,18,19). The Morgan fingerprint density at radius 3 is 2.70 bits per heavy atom. The first-order valence-corrected chi connectivity index (χ1v) is 7.56. The first kappa shape index (κ1) is 14.3. The number of sulfonamides is 1. The molecule has 7 heteroatoms. The first-order chi connectivity index (χ1) is 9.45. The lowest BCUT2D eigenvalue weighted by Gasteiger charge is -2.09. The molecule has 0 aliphatic heterocycles. The highest BCUT2D eigenvalue weighted by Gasteiger charge is 2.09. The van der Waals surface area contributed by atoms with Gasteiger partial charge in [0.1, 0.15) is 0 Å². The van der Waals surface area contributed by atoms with Crippen LogP contribution in [-0.2, 0) is 16.4 Å². The first-order valence-electron chi connectivity index (χ1n) is 6.01. The second-order valence-corrected chi connectivity index (χ2v) is 5.94. The van der Waals surface area contributed by atoms with Crippen LogP contribution in [0.25, 0.3) is 0 Å². The van der Waals surface area contributed by atoms with Crippen molar-refractivity contribution >= 4 is 21.4 Å². The Balaban J connectivity index is 2.05. The van der Waals surface area contributed by atoms with Crippen molar-refractivity contribution < 1.29 is 8.42 Å². The van der Waals surface area contributed by atoms with Crippen LogP contribution in [0.15, 0.2) is 47.6 Å². The third-order valence-corrected chi connectivity index (χ3v) is 3.62. The minimum atomic E-state index is -3.76. The van der Waals surface area contributed by atoms with Crippen molar-refractivity contribution in [1.82, 2.24) is 4.98 Å². The Morgan fingerprint density at radius 1 is 1.25 bits per heavy atom. The van der Waals surface area contributed by atoms with Crippen LogP contribution in [0.4, 0.5) is 11.4 Å². The predicted octanol–water partition coefficient (Wildman–Crippen LogP) is 0.966. The predicted molar refractivity (Wildman–Crippen MR) is 78.7 cm³/mol. The molecule has 0 aliphatic rings. The van der Waals surface area contributed by atoms with Gasteiger partial charge in [-0.05, 0) is 36.2 Å². The third kappa shape index (κ3) is 3.94. The van der Waals surface area contributed by atoms with Gasteiger partial charge in [0.05, 0.1) is 4.90 Å². The van der Waals surface area contributed by atoms with Gasteiger partial charge in [-0.3, -0.25) is 4.98 Å². The lowest BCUT2D eigenvalue weighted by Crippen LogP contribution is -2.13. The van der Waals surface area contributed by atoms with Crippen LogP contribution in [0, 0.1) is 0 Å². The summed E-state index contributed by atoms with van der Waals surface area (Å²) in [5, 5.41) is 8.21. The van der Waals surface area contributed by atoms with Crippen LogP contribution >= 0.6 is 0 Å². The minimum Gasteiger partial charge on any atom is -0.399 e. The highest BCUT2D eigenvalue weighted by Crippen LogP contribution is 2.19. The summed E-state index contributed by atoms with van der Waals surface area (Å²) in [7, 11) is -3.76. The SMILES string of the molecule is Nc1cc(NCCc2cccnc2)cc(S(N)(=O)=O)c1. The van der Waals surface area contributed by atoms with Gasteiger partial charge < -0.3 is 11.1 Å². The molecule has 1 aromatic carbocycles. The number of rotatable bonds is 5. The van der Waals surface area contributed by atoms with Gasteiger partial charge in [0.2, 0.25) is 10.0 Å². The van der Waals surface area contributed by atoms with Gasteiger partial charge >= 0.3 is 0 Å². The van der Waals surface area contributed by atoms with Gasteiger partial charge in [0.25, 0.3) is 0 Å². The van der Waals surface area contributed by atoms with E-state index >= 15 is 0 Å². The third-order valence-electron chi connectivity index (χ3n) is 2.72. The zero-order chi connectivity index (χ0) is 14.6. The van der Waals surface area contributed by atoms with Gasteiger partial charge in [0.15, 0.2) is 0 Å². The van der Waals surface area contributed by atoms with E-state index in [0.717, 1.165) is 12.0 Å². The normalized spacial score (nSPS) is 11.2. The number of nitrogen functional groups attached to an aromatic ring is 1. The van der Waals surface area contributed by atoms with Crippen molar-refractivity contribution in [3.8, 4) is 0 Å². The number of primary sulfonamides is 1. The summed E-state index contributed by atoms with van der Waals surface area (Å²) in [6, 6.07) is 8.31. The van der Waals surface area contributed by atoms with Crippen LogP contribution in [0.5, 0.6) is 0 Å². The van der Waals surface area contributed by atoms with Crippen molar-refractivity contribution in [2.24, 2.45) is 5.14 Å². The van der Waals surface area contributed by atoms with E-state index in [-0.39, 0.29) is 4.90 Å². The molecule has 0 aliphatic carbocycles. The molecule has 0 spiro atoms. The molecule has 1 aromatic heterocycles. The molecule has 1 heterocycles. The summed E-state index contributed by atoms with van der Waals surface area (Å²) in [4.78, 5) is 4.03. The quantitative estimate of drug-likeness (QED) is 0.711. The summed E-state index contributed by atoms with van der Waals surface area (Å²) in [6.07, 6.45) is 4.28. The number of pyridine rings is 1. The molecule has 0 saturated heterocycles. The molecule has 6 nitrogen and oxygen atoms in total. The van der Waals surface area contributed by atoms with Crippen LogP contribution in [-0.4, -0.2) is 19.9 Å². The number of nitrogens with one attached hydrogen (secondary N) is 1. The maximum atomic E-state index is 11.3. The lowest BCUT2D eigenvalue weighted by atomic mass is 10.2. The maximum Gasteiger partial charge on any atom is 0.238 e. The van der Waals surface area contributed by atoms with E-state index in [2.05, 4.69) is 10.3 Å². The molecule has 20 heavy (non-hydrogen) atoms. The van der Waals surface area contributed by atoms with E-state index in [1.807, 2.05) is 12.1 Å². The fraction of sp³-hybridized carbons (Fsp3) is 0.154. The fourth-order valence-electron chi connectivity index (χ4n) is 1.79. The molecule has 0 bridgehead atoms. The second-order valence-electron chi connectivity index (χ2n) is 4.37. The average Bonchev–Trinajstić information content (AvgIpc) is 2.38.